The number of pyridine rings is 1. The zero-order chi connectivity index (χ0) is 15.9. The van der Waals surface area contributed by atoms with Crippen LogP contribution in [0.25, 0.3) is 10.6 Å². The lowest BCUT2D eigenvalue weighted by Crippen LogP contribution is -2.15. The second-order valence-electron chi connectivity index (χ2n) is 4.61. The molecular formula is C14H17BrN4O2S. The lowest BCUT2D eigenvalue weighted by Gasteiger charge is -2.05. The molecule has 118 valence electrons. The van der Waals surface area contributed by atoms with Crippen molar-refractivity contribution >= 4 is 39.2 Å². The third-order valence-electron chi connectivity index (χ3n) is 2.75. The van der Waals surface area contributed by atoms with Gasteiger partial charge in [0.1, 0.15) is 15.8 Å². The minimum Gasteiger partial charge on any atom is -0.449 e. The number of halogens is 1. The van der Waals surface area contributed by atoms with Crippen molar-refractivity contribution in [3.8, 4) is 10.6 Å². The van der Waals surface area contributed by atoms with Crippen LogP contribution in [-0.4, -0.2) is 27.9 Å². The summed E-state index contributed by atoms with van der Waals surface area (Å²) in [5, 5.41) is 12.5. The molecule has 1 N–H and O–H groups in total. The molecule has 2 rings (SSSR count). The molecule has 1 unspecified atom stereocenters. The SMILES string of the molecule is CCCCOC(=O)Nc1ccc(-c2nnc(C(C)Br)s2)cn1. The maximum atomic E-state index is 11.5. The van der Waals surface area contributed by atoms with Crippen LogP contribution in [0.3, 0.4) is 0 Å². The number of nitrogens with one attached hydrogen (secondary N) is 1. The van der Waals surface area contributed by atoms with Gasteiger partial charge in [0.25, 0.3) is 0 Å². The normalized spacial score (nSPS) is 12.0. The molecule has 0 bridgehead atoms. The summed E-state index contributed by atoms with van der Waals surface area (Å²) in [7, 11) is 0. The summed E-state index contributed by atoms with van der Waals surface area (Å²) in [6, 6.07) is 3.56. The second kappa shape index (κ2) is 8.19. The molecule has 22 heavy (non-hydrogen) atoms. The van der Waals surface area contributed by atoms with Crippen molar-refractivity contribution in [1.82, 2.24) is 15.2 Å². The summed E-state index contributed by atoms with van der Waals surface area (Å²) in [6.45, 7) is 4.45. The molecule has 0 aliphatic heterocycles. The summed E-state index contributed by atoms with van der Waals surface area (Å²) < 4.78 is 5.02. The topological polar surface area (TPSA) is 77.0 Å². The van der Waals surface area contributed by atoms with Crippen molar-refractivity contribution in [2.75, 3.05) is 11.9 Å². The van der Waals surface area contributed by atoms with Gasteiger partial charge in [0, 0.05) is 11.8 Å². The molecule has 0 saturated carbocycles. The van der Waals surface area contributed by atoms with Gasteiger partial charge in [-0.15, -0.1) is 10.2 Å². The largest absolute Gasteiger partial charge is 0.449 e. The summed E-state index contributed by atoms with van der Waals surface area (Å²) in [6.07, 6.45) is 3.01. The number of ether oxygens (including phenoxy) is 1. The molecule has 0 aromatic carbocycles. The lowest BCUT2D eigenvalue weighted by atomic mass is 10.3. The molecule has 6 nitrogen and oxygen atoms in total. The standard InChI is InChI=1S/C14H17BrN4O2S/c1-3-4-7-21-14(20)17-11-6-5-10(8-16-11)13-19-18-12(22-13)9(2)15/h5-6,8-9H,3-4,7H2,1-2H3,(H,16,17,20). The van der Waals surface area contributed by atoms with E-state index in [-0.39, 0.29) is 4.83 Å². The molecule has 0 aliphatic rings. The zero-order valence-corrected chi connectivity index (χ0v) is 14.8. The van der Waals surface area contributed by atoms with Gasteiger partial charge in [-0.25, -0.2) is 9.78 Å². The summed E-state index contributed by atoms with van der Waals surface area (Å²) >= 11 is 4.97. The fourth-order valence-corrected chi connectivity index (χ4v) is 2.69. The highest BCUT2D eigenvalue weighted by Crippen LogP contribution is 2.30. The van der Waals surface area contributed by atoms with E-state index in [0.29, 0.717) is 12.4 Å². The predicted octanol–water partition coefficient (Wildman–Crippen LogP) is 4.40. The zero-order valence-electron chi connectivity index (χ0n) is 12.4. The first-order chi connectivity index (χ1) is 10.6. The molecule has 0 fully saturated rings. The Hall–Kier alpha value is -1.54. The van der Waals surface area contributed by atoms with Gasteiger partial charge < -0.3 is 4.74 Å². The van der Waals surface area contributed by atoms with E-state index in [1.807, 2.05) is 19.9 Å². The highest BCUT2D eigenvalue weighted by Gasteiger charge is 2.11. The van der Waals surface area contributed by atoms with Crippen LogP contribution in [0.5, 0.6) is 0 Å². The van der Waals surface area contributed by atoms with Crippen molar-refractivity contribution in [2.45, 2.75) is 31.5 Å². The highest BCUT2D eigenvalue weighted by atomic mass is 79.9. The van der Waals surface area contributed by atoms with Crippen molar-refractivity contribution in [1.29, 1.82) is 0 Å². The van der Waals surface area contributed by atoms with Crippen LogP contribution >= 0.6 is 27.3 Å². The molecule has 2 heterocycles. The number of aromatic nitrogens is 3. The maximum Gasteiger partial charge on any atom is 0.412 e. The number of hydrogen-bond acceptors (Lipinski definition) is 6. The van der Waals surface area contributed by atoms with E-state index in [4.69, 9.17) is 4.74 Å². The van der Waals surface area contributed by atoms with Crippen LogP contribution in [0, 0.1) is 0 Å². The third-order valence-corrected chi connectivity index (χ3v) is 4.64. The quantitative estimate of drug-likeness (QED) is 0.589. The smallest absolute Gasteiger partial charge is 0.412 e. The van der Waals surface area contributed by atoms with Gasteiger partial charge in [0.2, 0.25) is 0 Å². The fraction of sp³-hybridized carbons (Fsp3) is 0.429. The molecule has 1 atom stereocenters. The Balaban J connectivity index is 1.96. The van der Waals surface area contributed by atoms with Gasteiger partial charge in [-0.2, -0.15) is 0 Å². The van der Waals surface area contributed by atoms with Gasteiger partial charge in [-0.1, -0.05) is 40.6 Å². The Morgan fingerprint density at radius 2 is 2.27 bits per heavy atom. The molecule has 0 saturated heterocycles. The molecule has 8 heteroatoms. The maximum absolute atomic E-state index is 11.5. The second-order valence-corrected chi connectivity index (χ2v) is 6.99. The Kier molecular flexibility index (Phi) is 6.26. The number of unbranched alkanes of at least 4 members (excludes halogenated alkanes) is 1. The van der Waals surface area contributed by atoms with Crippen molar-refractivity contribution in [2.24, 2.45) is 0 Å². The van der Waals surface area contributed by atoms with Gasteiger partial charge in [0.05, 0.1) is 11.4 Å². The number of hydrogen-bond donors (Lipinski definition) is 1. The first-order valence-electron chi connectivity index (χ1n) is 6.97. The van der Waals surface area contributed by atoms with Gasteiger partial charge in [-0.05, 0) is 25.5 Å². The Bertz CT molecular complexity index is 616. The molecule has 2 aromatic heterocycles. The number of anilines is 1. The van der Waals surface area contributed by atoms with Crippen molar-refractivity contribution < 1.29 is 9.53 Å². The van der Waals surface area contributed by atoms with E-state index in [2.05, 4.69) is 36.4 Å². The third kappa shape index (κ3) is 4.74. The number of carbonyl (C=O) groups is 1. The van der Waals surface area contributed by atoms with Crippen LogP contribution in [0.4, 0.5) is 10.6 Å². The Morgan fingerprint density at radius 1 is 1.45 bits per heavy atom. The first kappa shape index (κ1) is 16.8. The van der Waals surface area contributed by atoms with Crippen LogP contribution in [-0.2, 0) is 4.74 Å². The van der Waals surface area contributed by atoms with Crippen LogP contribution in [0.1, 0.15) is 36.5 Å². The average Bonchev–Trinajstić information content (AvgIpc) is 2.98. The van der Waals surface area contributed by atoms with E-state index >= 15 is 0 Å². The minimum absolute atomic E-state index is 0.172. The number of amides is 1. The van der Waals surface area contributed by atoms with E-state index in [1.54, 1.807) is 12.3 Å². The highest BCUT2D eigenvalue weighted by molar-refractivity contribution is 9.09. The lowest BCUT2D eigenvalue weighted by molar-refractivity contribution is 0.160. The summed E-state index contributed by atoms with van der Waals surface area (Å²) in [5.74, 6) is 0.448. The number of nitrogens with zero attached hydrogens (tertiary/aromatic N) is 3. The number of carbonyl (C=O) groups excluding carboxylic acids is 1. The average molecular weight is 385 g/mol. The minimum atomic E-state index is -0.486. The van der Waals surface area contributed by atoms with Crippen LogP contribution < -0.4 is 5.32 Å². The van der Waals surface area contributed by atoms with E-state index in [1.165, 1.54) is 11.3 Å². The molecule has 0 aliphatic carbocycles. The molecule has 0 spiro atoms. The van der Waals surface area contributed by atoms with Crippen LogP contribution in [0.15, 0.2) is 18.3 Å². The number of alkyl halides is 1. The van der Waals surface area contributed by atoms with E-state index < -0.39 is 6.09 Å². The molecular weight excluding hydrogens is 368 g/mol. The van der Waals surface area contributed by atoms with Crippen LogP contribution in [0.2, 0.25) is 0 Å². The van der Waals surface area contributed by atoms with Crippen molar-refractivity contribution in [3.63, 3.8) is 0 Å². The Morgan fingerprint density at radius 3 is 2.86 bits per heavy atom. The van der Waals surface area contributed by atoms with E-state index in [0.717, 1.165) is 28.4 Å². The first-order valence-corrected chi connectivity index (χ1v) is 8.71. The Labute approximate surface area is 141 Å². The van der Waals surface area contributed by atoms with Gasteiger partial charge in [0.15, 0.2) is 0 Å². The van der Waals surface area contributed by atoms with E-state index in [9.17, 15) is 4.79 Å². The molecule has 2 aromatic rings. The summed E-state index contributed by atoms with van der Waals surface area (Å²) in [5.41, 5.74) is 0.863. The van der Waals surface area contributed by atoms with Crippen molar-refractivity contribution in [3.05, 3.63) is 23.3 Å². The predicted molar refractivity (Wildman–Crippen MR) is 90.4 cm³/mol. The molecule has 1 amide bonds. The van der Waals surface area contributed by atoms with Gasteiger partial charge in [-0.3, -0.25) is 5.32 Å². The monoisotopic (exact) mass is 384 g/mol. The van der Waals surface area contributed by atoms with Gasteiger partial charge >= 0.3 is 6.09 Å². The number of rotatable bonds is 6. The fourth-order valence-electron chi connectivity index (χ4n) is 1.56. The summed E-state index contributed by atoms with van der Waals surface area (Å²) in [4.78, 5) is 15.9. The molecule has 0 radical (unpaired) electrons.